The number of aromatic nitrogens is 1. The molecule has 1 aromatic carbocycles. The Labute approximate surface area is 143 Å². The van der Waals surface area contributed by atoms with Crippen LogP contribution in [0.3, 0.4) is 0 Å². The molecule has 2 aromatic rings. The van der Waals surface area contributed by atoms with Crippen LogP contribution in [0.2, 0.25) is 0 Å². The van der Waals surface area contributed by atoms with Gasteiger partial charge in [0.2, 0.25) is 0 Å². The summed E-state index contributed by atoms with van der Waals surface area (Å²) in [5.41, 5.74) is 2.30. The number of guanidine groups is 1. The first-order valence-corrected chi connectivity index (χ1v) is 8.48. The van der Waals surface area contributed by atoms with Crippen LogP contribution in [0.25, 0.3) is 0 Å². The highest BCUT2D eigenvalue weighted by Gasteiger charge is 1.99. The minimum absolute atomic E-state index is 0.309. The van der Waals surface area contributed by atoms with Crippen molar-refractivity contribution in [2.45, 2.75) is 26.2 Å². The third-order valence-corrected chi connectivity index (χ3v) is 3.57. The number of hydrogen-bond acceptors (Lipinski definition) is 3. The van der Waals surface area contributed by atoms with Gasteiger partial charge in [-0.3, -0.25) is 9.98 Å². The van der Waals surface area contributed by atoms with Crippen molar-refractivity contribution in [1.29, 1.82) is 0 Å². The average Bonchev–Trinajstić information content (AvgIpc) is 2.61. The first-order valence-electron chi connectivity index (χ1n) is 8.48. The van der Waals surface area contributed by atoms with Crippen molar-refractivity contribution in [2.75, 3.05) is 19.6 Å². The minimum Gasteiger partial charge on any atom is -0.508 e. The quantitative estimate of drug-likeness (QED) is 0.396. The topological polar surface area (TPSA) is 69.5 Å². The molecular weight excluding hydrogens is 300 g/mol. The van der Waals surface area contributed by atoms with E-state index in [1.807, 2.05) is 36.5 Å². The number of aromatic hydroxyl groups is 1. The number of pyridine rings is 1. The molecule has 1 heterocycles. The summed E-state index contributed by atoms with van der Waals surface area (Å²) in [6.45, 7) is 4.47. The van der Waals surface area contributed by atoms with Crippen molar-refractivity contribution in [3.63, 3.8) is 0 Å². The molecule has 5 heteroatoms. The van der Waals surface area contributed by atoms with Crippen LogP contribution in [-0.4, -0.2) is 35.7 Å². The second-order valence-corrected chi connectivity index (χ2v) is 5.53. The first kappa shape index (κ1) is 17.8. The zero-order valence-electron chi connectivity index (χ0n) is 14.2. The Kier molecular flexibility index (Phi) is 7.60. The lowest BCUT2D eigenvalue weighted by Gasteiger charge is -2.11. The number of aliphatic imine (C=N–C) groups is 1. The summed E-state index contributed by atoms with van der Waals surface area (Å²) in [7, 11) is 0. The summed E-state index contributed by atoms with van der Waals surface area (Å²) in [4.78, 5) is 8.92. The molecular formula is C19H26N4O. The predicted octanol–water partition coefficient (Wildman–Crippen LogP) is 2.52. The summed E-state index contributed by atoms with van der Waals surface area (Å²) in [6.07, 6.45) is 4.62. The third-order valence-electron chi connectivity index (χ3n) is 3.57. The lowest BCUT2D eigenvalue weighted by molar-refractivity contribution is 0.475. The molecule has 5 nitrogen and oxygen atoms in total. The SMILES string of the molecule is CCNC(=NCCCc1ccc(O)cc1)NCCc1ccccn1. The highest BCUT2D eigenvalue weighted by Crippen LogP contribution is 2.10. The van der Waals surface area contributed by atoms with E-state index in [2.05, 4.69) is 27.5 Å². The summed E-state index contributed by atoms with van der Waals surface area (Å²) in [5, 5.41) is 15.9. The molecule has 0 amide bonds. The number of phenolic OH excluding ortho intramolecular Hbond substituents is 1. The van der Waals surface area contributed by atoms with Crippen LogP contribution in [0, 0.1) is 0 Å². The monoisotopic (exact) mass is 326 g/mol. The fourth-order valence-electron chi connectivity index (χ4n) is 2.33. The molecule has 0 saturated heterocycles. The van der Waals surface area contributed by atoms with Crippen molar-refractivity contribution in [1.82, 2.24) is 15.6 Å². The van der Waals surface area contributed by atoms with Crippen LogP contribution in [0.15, 0.2) is 53.7 Å². The largest absolute Gasteiger partial charge is 0.508 e. The number of benzene rings is 1. The normalized spacial score (nSPS) is 11.3. The molecule has 0 spiro atoms. The fourth-order valence-corrected chi connectivity index (χ4v) is 2.33. The van der Waals surface area contributed by atoms with Gasteiger partial charge in [-0.2, -0.15) is 0 Å². The van der Waals surface area contributed by atoms with Crippen molar-refractivity contribution < 1.29 is 5.11 Å². The molecule has 1 aromatic heterocycles. The molecule has 0 aliphatic heterocycles. The Morgan fingerprint density at radius 2 is 1.92 bits per heavy atom. The van der Waals surface area contributed by atoms with E-state index >= 15 is 0 Å². The molecule has 0 saturated carbocycles. The Hall–Kier alpha value is -2.56. The summed E-state index contributed by atoms with van der Waals surface area (Å²) < 4.78 is 0. The number of rotatable bonds is 8. The highest BCUT2D eigenvalue weighted by molar-refractivity contribution is 5.79. The molecule has 0 radical (unpaired) electrons. The maximum atomic E-state index is 9.28. The zero-order valence-corrected chi connectivity index (χ0v) is 14.2. The second kappa shape index (κ2) is 10.3. The molecule has 3 N–H and O–H groups in total. The Morgan fingerprint density at radius 1 is 1.08 bits per heavy atom. The van der Waals surface area contributed by atoms with Gasteiger partial charge in [-0.1, -0.05) is 18.2 Å². The zero-order chi connectivity index (χ0) is 17.0. The van der Waals surface area contributed by atoms with Crippen molar-refractivity contribution in [2.24, 2.45) is 4.99 Å². The summed E-state index contributed by atoms with van der Waals surface area (Å²) in [5.74, 6) is 1.16. The van der Waals surface area contributed by atoms with Gasteiger partial charge in [0.15, 0.2) is 5.96 Å². The molecule has 0 unspecified atom stereocenters. The fraction of sp³-hybridized carbons (Fsp3) is 0.368. The van der Waals surface area contributed by atoms with E-state index < -0.39 is 0 Å². The van der Waals surface area contributed by atoms with Crippen molar-refractivity contribution >= 4 is 5.96 Å². The minimum atomic E-state index is 0.309. The third kappa shape index (κ3) is 6.69. The van der Waals surface area contributed by atoms with E-state index in [1.165, 1.54) is 5.56 Å². The molecule has 0 atom stereocenters. The van der Waals surface area contributed by atoms with Gasteiger partial charge in [0.25, 0.3) is 0 Å². The van der Waals surface area contributed by atoms with Gasteiger partial charge in [-0.15, -0.1) is 0 Å². The van der Waals surface area contributed by atoms with E-state index in [0.29, 0.717) is 5.75 Å². The van der Waals surface area contributed by atoms with Crippen LogP contribution in [0.1, 0.15) is 24.6 Å². The van der Waals surface area contributed by atoms with Crippen molar-refractivity contribution in [3.05, 3.63) is 59.9 Å². The number of hydrogen-bond donors (Lipinski definition) is 3. The van der Waals surface area contributed by atoms with Gasteiger partial charge in [-0.25, -0.2) is 0 Å². The highest BCUT2D eigenvalue weighted by atomic mass is 16.3. The lowest BCUT2D eigenvalue weighted by atomic mass is 10.1. The van der Waals surface area contributed by atoms with Crippen LogP contribution >= 0.6 is 0 Å². The average molecular weight is 326 g/mol. The lowest BCUT2D eigenvalue weighted by Crippen LogP contribution is -2.38. The van der Waals surface area contributed by atoms with E-state index in [0.717, 1.165) is 50.6 Å². The van der Waals surface area contributed by atoms with Crippen LogP contribution < -0.4 is 10.6 Å². The van der Waals surface area contributed by atoms with Crippen LogP contribution in [0.4, 0.5) is 0 Å². The van der Waals surface area contributed by atoms with E-state index in [-0.39, 0.29) is 0 Å². The molecule has 0 aliphatic carbocycles. The Balaban J connectivity index is 1.72. The van der Waals surface area contributed by atoms with Gasteiger partial charge in [-0.05, 0) is 49.6 Å². The first-order chi connectivity index (χ1) is 11.8. The van der Waals surface area contributed by atoms with Gasteiger partial charge < -0.3 is 15.7 Å². The van der Waals surface area contributed by atoms with Gasteiger partial charge in [0, 0.05) is 37.9 Å². The molecule has 0 fully saturated rings. The Bertz CT molecular complexity index is 611. The number of aryl methyl sites for hydroxylation is 1. The number of nitrogens with zero attached hydrogens (tertiary/aromatic N) is 2. The standard InChI is InChI=1S/C19H26N4O/c1-2-20-19(23-15-12-17-7-3-4-13-21-17)22-14-5-6-16-8-10-18(24)11-9-16/h3-4,7-11,13,24H,2,5-6,12,14-15H2,1H3,(H2,20,22,23). The van der Waals surface area contributed by atoms with Crippen molar-refractivity contribution in [3.8, 4) is 5.75 Å². The van der Waals surface area contributed by atoms with Gasteiger partial charge in [0.1, 0.15) is 5.75 Å². The van der Waals surface area contributed by atoms with E-state index in [9.17, 15) is 5.11 Å². The van der Waals surface area contributed by atoms with E-state index in [4.69, 9.17) is 0 Å². The maximum Gasteiger partial charge on any atom is 0.191 e. The molecule has 0 aliphatic rings. The Morgan fingerprint density at radius 3 is 2.62 bits per heavy atom. The van der Waals surface area contributed by atoms with E-state index in [1.54, 1.807) is 12.1 Å². The van der Waals surface area contributed by atoms with Gasteiger partial charge in [0.05, 0.1) is 0 Å². The summed E-state index contributed by atoms with van der Waals surface area (Å²) >= 11 is 0. The number of nitrogens with one attached hydrogen (secondary N) is 2. The second-order valence-electron chi connectivity index (χ2n) is 5.53. The van der Waals surface area contributed by atoms with Crippen LogP contribution in [0.5, 0.6) is 5.75 Å². The summed E-state index contributed by atoms with van der Waals surface area (Å²) in [6, 6.07) is 13.3. The molecule has 2 rings (SSSR count). The number of phenols is 1. The maximum absolute atomic E-state index is 9.28. The van der Waals surface area contributed by atoms with Gasteiger partial charge >= 0.3 is 0 Å². The smallest absolute Gasteiger partial charge is 0.191 e. The predicted molar refractivity (Wildman–Crippen MR) is 98.4 cm³/mol. The molecule has 128 valence electrons. The molecule has 0 bridgehead atoms. The van der Waals surface area contributed by atoms with Crippen LogP contribution in [-0.2, 0) is 12.8 Å². The molecule has 24 heavy (non-hydrogen) atoms.